The molecule has 4 heterocycles. The standard InChI is InChI=1S/C29H33N3O2/c1-3-21-5-4-6-24-22(16-30-28(21)24)15-20-11-13-32(14-12-20)17-23-18-33-27-10-9-26-25(29(27)34-23)8-7-19(2)31-26/h4-10,16,20,23,30H,3,11-15,17-18H2,1-2H3. The molecule has 0 aliphatic carbocycles. The Morgan fingerprint density at radius 2 is 1.91 bits per heavy atom. The van der Waals surface area contributed by atoms with E-state index in [4.69, 9.17) is 9.47 Å². The summed E-state index contributed by atoms with van der Waals surface area (Å²) in [7, 11) is 0. The Morgan fingerprint density at radius 3 is 2.76 bits per heavy atom. The maximum Gasteiger partial charge on any atom is 0.171 e. The second-order valence-corrected chi connectivity index (χ2v) is 9.92. The number of hydrogen-bond donors (Lipinski definition) is 1. The van der Waals surface area contributed by atoms with Crippen LogP contribution in [0.15, 0.2) is 48.7 Å². The highest BCUT2D eigenvalue weighted by molar-refractivity contribution is 5.88. The highest BCUT2D eigenvalue weighted by Gasteiger charge is 2.28. The van der Waals surface area contributed by atoms with Crippen molar-refractivity contribution < 1.29 is 9.47 Å². The molecule has 34 heavy (non-hydrogen) atoms. The molecule has 0 amide bonds. The second kappa shape index (κ2) is 8.95. The van der Waals surface area contributed by atoms with E-state index >= 15 is 0 Å². The highest BCUT2D eigenvalue weighted by Crippen LogP contribution is 2.38. The van der Waals surface area contributed by atoms with Gasteiger partial charge >= 0.3 is 0 Å². The average molecular weight is 456 g/mol. The van der Waals surface area contributed by atoms with E-state index in [9.17, 15) is 0 Å². The van der Waals surface area contributed by atoms with E-state index in [1.54, 1.807) is 0 Å². The van der Waals surface area contributed by atoms with Crippen LogP contribution in [0.2, 0.25) is 0 Å². The van der Waals surface area contributed by atoms with Crippen molar-refractivity contribution >= 4 is 21.8 Å². The van der Waals surface area contributed by atoms with Crippen molar-refractivity contribution in [2.75, 3.05) is 26.2 Å². The molecule has 1 atom stereocenters. The molecule has 1 unspecified atom stereocenters. The number of para-hydroxylation sites is 1. The molecule has 5 heteroatoms. The summed E-state index contributed by atoms with van der Waals surface area (Å²) < 4.78 is 12.5. The number of likely N-dealkylation sites (tertiary alicyclic amines) is 1. The fourth-order valence-electron chi connectivity index (χ4n) is 5.68. The second-order valence-electron chi connectivity index (χ2n) is 9.92. The molecule has 5 nitrogen and oxygen atoms in total. The van der Waals surface area contributed by atoms with Crippen LogP contribution in [-0.2, 0) is 12.8 Å². The number of aromatic amines is 1. The number of nitrogens with zero attached hydrogens (tertiary/aromatic N) is 2. The molecule has 2 aliphatic rings. The SMILES string of the molecule is CCc1cccc2c(CC3CCN(CC4COc5ccc6nc(C)ccc6c5O4)CC3)c[nH]c12. The predicted molar refractivity (Wildman–Crippen MR) is 137 cm³/mol. The van der Waals surface area contributed by atoms with E-state index in [1.807, 2.05) is 25.1 Å². The van der Waals surface area contributed by atoms with Gasteiger partial charge in [0.2, 0.25) is 0 Å². The number of nitrogens with one attached hydrogen (secondary N) is 1. The summed E-state index contributed by atoms with van der Waals surface area (Å²) in [5, 5.41) is 2.45. The van der Waals surface area contributed by atoms with Crippen LogP contribution in [0.1, 0.15) is 36.6 Å². The first-order valence-electron chi connectivity index (χ1n) is 12.7. The quantitative estimate of drug-likeness (QED) is 0.421. The van der Waals surface area contributed by atoms with E-state index < -0.39 is 0 Å². The van der Waals surface area contributed by atoms with Crippen molar-refractivity contribution in [3.63, 3.8) is 0 Å². The Kier molecular flexibility index (Phi) is 5.66. The van der Waals surface area contributed by atoms with Crippen LogP contribution >= 0.6 is 0 Å². The van der Waals surface area contributed by atoms with Crippen molar-refractivity contribution in [3.8, 4) is 11.5 Å². The molecule has 176 valence electrons. The van der Waals surface area contributed by atoms with Crippen LogP contribution in [0.25, 0.3) is 21.8 Å². The van der Waals surface area contributed by atoms with E-state index in [2.05, 4.69) is 52.3 Å². The maximum atomic E-state index is 6.46. The topological polar surface area (TPSA) is 50.4 Å². The monoisotopic (exact) mass is 455 g/mol. The number of H-pyrrole nitrogens is 1. The first-order chi connectivity index (χ1) is 16.7. The number of benzene rings is 2. The first kappa shape index (κ1) is 21.5. The van der Waals surface area contributed by atoms with Crippen LogP contribution < -0.4 is 9.47 Å². The normalized spacial score (nSPS) is 19.2. The summed E-state index contributed by atoms with van der Waals surface area (Å²) in [6.07, 6.45) is 6.99. The van der Waals surface area contributed by atoms with E-state index in [-0.39, 0.29) is 6.10 Å². The maximum absolute atomic E-state index is 6.46. The number of rotatable bonds is 5. The van der Waals surface area contributed by atoms with Gasteiger partial charge in [0.05, 0.1) is 5.52 Å². The molecule has 0 saturated carbocycles. The largest absolute Gasteiger partial charge is 0.486 e. The Labute approximate surface area is 201 Å². The van der Waals surface area contributed by atoms with Crippen LogP contribution in [0, 0.1) is 12.8 Å². The smallest absolute Gasteiger partial charge is 0.171 e. The third-order valence-corrected chi connectivity index (χ3v) is 7.58. The summed E-state index contributed by atoms with van der Waals surface area (Å²) in [6.45, 7) is 8.00. The zero-order chi connectivity index (χ0) is 23.1. The molecule has 0 bridgehead atoms. The minimum absolute atomic E-state index is 0.0528. The van der Waals surface area contributed by atoms with Gasteiger partial charge in [0.15, 0.2) is 11.5 Å². The number of hydrogen-bond acceptors (Lipinski definition) is 4. The van der Waals surface area contributed by atoms with Gasteiger partial charge in [-0.25, -0.2) is 0 Å². The van der Waals surface area contributed by atoms with Crippen molar-refractivity contribution in [2.24, 2.45) is 5.92 Å². The van der Waals surface area contributed by atoms with Gasteiger partial charge in [0, 0.05) is 34.7 Å². The number of pyridine rings is 1. The van der Waals surface area contributed by atoms with Gasteiger partial charge in [-0.1, -0.05) is 25.1 Å². The van der Waals surface area contributed by atoms with Gasteiger partial charge in [-0.05, 0) is 87.0 Å². The summed E-state index contributed by atoms with van der Waals surface area (Å²) in [4.78, 5) is 10.7. The number of piperidine rings is 1. The minimum atomic E-state index is 0.0528. The molecule has 1 N–H and O–H groups in total. The molecule has 1 saturated heterocycles. The third kappa shape index (κ3) is 4.03. The van der Waals surface area contributed by atoms with Crippen LogP contribution in [-0.4, -0.2) is 47.2 Å². The minimum Gasteiger partial charge on any atom is -0.486 e. The van der Waals surface area contributed by atoms with Crippen molar-refractivity contribution in [3.05, 3.63) is 65.5 Å². The molecule has 0 spiro atoms. The first-order valence-corrected chi connectivity index (χ1v) is 12.7. The van der Waals surface area contributed by atoms with Crippen LogP contribution in [0.3, 0.4) is 0 Å². The Bertz CT molecular complexity index is 1320. The number of fused-ring (bicyclic) bond motifs is 4. The lowest BCUT2D eigenvalue weighted by Crippen LogP contribution is -2.44. The van der Waals surface area contributed by atoms with Crippen molar-refractivity contribution in [2.45, 2.75) is 45.6 Å². The zero-order valence-electron chi connectivity index (χ0n) is 20.1. The van der Waals surface area contributed by atoms with Crippen LogP contribution in [0.4, 0.5) is 0 Å². The molecule has 1 fully saturated rings. The summed E-state index contributed by atoms with van der Waals surface area (Å²) in [5.74, 6) is 2.42. The molecule has 6 rings (SSSR count). The van der Waals surface area contributed by atoms with E-state index in [1.165, 1.54) is 34.9 Å². The molecule has 0 radical (unpaired) electrons. The lowest BCUT2D eigenvalue weighted by molar-refractivity contribution is 0.0492. The molecule has 4 aromatic rings. The average Bonchev–Trinajstić information content (AvgIpc) is 3.27. The lowest BCUT2D eigenvalue weighted by atomic mass is 9.89. The van der Waals surface area contributed by atoms with Crippen molar-refractivity contribution in [1.29, 1.82) is 0 Å². The number of ether oxygens (including phenoxy) is 2. The molecule has 2 aromatic heterocycles. The van der Waals surface area contributed by atoms with E-state index in [0.29, 0.717) is 6.61 Å². The van der Waals surface area contributed by atoms with Gasteiger partial charge < -0.3 is 14.5 Å². The van der Waals surface area contributed by atoms with Gasteiger partial charge in [-0.15, -0.1) is 0 Å². The summed E-state index contributed by atoms with van der Waals surface area (Å²) in [6, 6.07) is 14.8. The summed E-state index contributed by atoms with van der Waals surface area (Å²) >= 11 is 0. The molecule has 2 aliphatic heterocycles. The van der Waals surface area contributed by atoms with E-state index in [0.717, 1.165) is 66.5 Å². The Morgan fingerprint density at radius 1 is 1.03 bits per heavy atom. The fourth-order valence-corrected chi connectivity index (χ4v) is 5.68. The summed E-state index contributed by atoms with van der Waals surface area (Å²) in [5.41, 5.74) is 6.19. The fraction of sp³-hybridized carbons (Fsp3) is 0.414. The van der Waals surface area contributed by atoms with Gasteiger partial charge in [0.25, 0.3) is 0 Å². The number of aryl methyl sites for hydroxylation is 2. The Hall–Kier alpha value is -3.05. The van der Waals surface area contributed by atoms with Crippen molar-refractivity contribution in [1.82, 2.24) is 14.9 Å². The van der Waals surface area contributed by atoms with Gasteiger partial charge in [0.1, 0.15) is 12.7 Å². The number of aromatic nitrogens is 2. The highest BCUT2D eigenvalue weighted by atomic mass is 16.6. The zero-order valence-corrected chi connectivity index (χ0v) is 20.1. The third-order valence-electron chi connectivity index (χ3n) is 7.58. The van der Waals surface area contributed by atoms with Crippen LogP contribution in [0.5, 0.6) is 11.5 Å². The molecule has 2 aromatic carbocycles. The van der Waals surface area contributed by atoms with Gasteiger partial charge in [-0.3, -0.25) is 9.88 Å². The molecular weight excluding hydrogens is 422 g/mol. The Balaban J connectivity index is 1.08. The van der Waals surface area contributed by atoms with Gasteiger partial charge in [-0.2, -0.15) is 0 Å². The predicted octanol–water partition coefficient (Wildman–Crippen LogP) is 5.68. The lowest BCUT2D eigenvalue weighted by Gasteiger charge is -2.36. The molecular formula is C29H33N3O2.